The number of rotatable bonds is 9. The fourth-order valence-corrected chi connectivity index (χ4v) is 1.33. The van der Waals surface area contributed by atoms with Gasteiger partial charge in [0.05, 0.1) is 5.60 Å². The monoisotopic (exact) mass is 241 g/mol. The molecule has 0 fully saturated rings. The summed E-state index contributed by atoms with van der Waals surface area (Å²) in [7, 11) is 2.08. The van der Waals surface area contributed by atoms with E-state index in [9.17, 15) is 5.11 Å². The van der Waals surface area contributed by atoms with Gasteiger partial charge in [-0.2, -0.15) is 0 Å². The Labute approximate surface area is 107 Å². The van der Waals surface area contributed by atoms with E-state index < -0.39 is 5.60 Å². The van der Waals surface area contributed by atoms with E-state index >= 15 is 0 Å². The highest BCUT2D eigenvalue weighted by atomic mass is 16.5. The van der Waals surface area contributed by atoms with E-state index in [0.29, 0.717) is 19.1 Å². The molecule has 0 heterocycles. The van der Waals surface area contributed by atoms with Crippen LogP contribution < -0.4 is 5.32 Å². The predicted molar refractivity (Wildman–Crippen MR) is 76.1 cm³/mol. The van der Waals surface area contributed by atoms with Crippen LogP contribution in [-0.4, -0.2) is 43.2 Å². The fraction of sp³-hybridized carbons (Fsp3) is 0.846. The molecular formula is C13H28BNO2. The zero-order valence-corrected chi connectivity index (χ0v) is 12.0. The average Bonchev–Trinajstić information content (AvgIpc) is 2.14. The van der Waals surface area contributed by atoms with Crippen LogP contribution in [0, 0.1) is 0 Å². The van der Waals surface area contributed by atoms with Crippen LogP contribution in [0.1, 0.15) is 40.5 Å². The summed E-state index contributed by atoms with van der Waals surface area (Å²) in [4.78, 5) is 0. The zero-order valence-electron chi connectivity index (χ0n) is 12.0. The van der Waals surface area contributed by atoms with Crippen molar-refractivity contribution in [3.8, 4) is 0 Å². The molecule has 0 aliphatic rings. The maximum absolute atomic E-state index is 9.59. The smallest absolute Gasteiger partial charge is 0.142 e. The Morgan fingerprint density at radius 1 is 1.41 bits per heavy atom. The van der Waals surface area contributed by atoms with Crippen molar-refractivity contribution in [3.63, 3.8) is 0 Å². The van der Waals surface area contributed by atoms with Gasteiger partial charge < -0.3 is 15.2 Å². The molecule has 0 aromatic carbocycles. The van der Waals surface area contributed by atoms with Gasteiger partial charge in [-0.25, -0.2) is 0 Å². The molecule has 0 saturated carbocycles. The van der Waals surface area contributed by atoms with Crippen molar-refractivity contribution >= 4 is 7.85 Å². The lowest BCUT2D eigenvalue weighted by atomic mass is 9.80. The Morgan fingerprint density at radius 2 is 2.00 bits per heavy atom. The van der Waals surface area contributed by atoms with Crippen LogP contribution in [0.25, 0.3) is 0 Å². The molecule has 0 radical (unpaired) electrons. The molecule has 0 saturated heterocycles. The lowest BCUT2D eigenvalue weighted by Gasteiger charge is -2.28. The minimum atomic E-state index is -0.647. The number of ether oxygens (including phenoxy) is 1. The van der Waals surface area contributed by atoms with Gasteiger partial charge in [-0.3, -0.25) is 0 Å². The molecule has 2 atom stereocenters. The van der Waals surface area contributed by atoms with Gasteiger partial charge in [-0.05, 0) is 47.1 Å². The molecule has 17 heavy (non-hydrogen) atoms. The summed E-state index contributed by atoms with van der Waals surface area (Å²) in [5.74, 6) is 0. The van der Waals surface area contributed by atoms with Crippen molar-refractivity contribution in [2.24, 2.45) is 0 Å². The van der Waals surface area contributed by atoms with Crippen LogP contribution in [0.2, 0.25) is 0 Å². The third kappa shape index (κ3) is 10.6. The molecule has 0 aromatic rings. The first kappa shape index (κ1) is 16.7. The zero-order chi connectivity index (χ0) is 13.5. The summed E-state index contributed by atoms with van der Waals surface area (Å²) in [5, 5.41) is 12.9. The summed E-state index contributed by atoms with van der Waals surface area (Å²) in [6.45, 7) is 13.0. The Kier molecular flexibility index (Phi) is 7.06. The summed E-state index contributed by atoms with van der Waals surface area (Å²) < 4.78 is 5.80. The highest BCUT2D eigenvalue weighted by Crippen LogP contribution is 2.14. The van der Waals surface area contributed by atoms with Crippen molar-refractivity contribution < 1.29 is 9.84 Å². The Bertz CT molecular complexity index is 224. The van der Waals surface area contributed by atoms with Gasteiger partial charge in [0.1, 0.15) is 7.85 Å². The molecule has 100 valence electrons. The number of aliphatic hydroxyl groups is 1. The molecule has 0 aliphatic heterocycles. The largest absolute Gasteiger partial charge is 0.390 e. The number of hydrogen-bond donors (Lipinski definition) is 2. The second-order valence-electron chi connectivity index (χ2n) is 5.90. The van der Waals surface area contributed by atoms with Crippen LogP contribution in [0.15, 0.2) is 12.7 Å². The van der Waals surface area contributed by atoms with E-state index in [1.807, 2.05) is 6.08 Å². The normalized spacial score (nSPS) is 17.5. The van der Waals surface area contributed by atoms with Crippen LogP contribution in [-0.2, 0) is 4.74 Å². The van der Waals surface area contributed by atoms with Crippen molar-refractivity contribution in [1.29, 1.82) is 0 Å². The van der Waals surface area contributed by atoms with Crippen LogP contribution in [0.3, 0.4) is 0 Å². The van der Waals surface area contributed by atoms with E-state index in [1.165, 1.54) is 0 Å². The average molecular weight is 241 g/mol. The van der Waals surface area contributed by atoms with Gasteiger partial charge in [0.15, 0.2) is 0 Å². The van der Waals surface area contributed by atoms with Gasteiger partial charge in [0.2, 0.25) is 0 Å². The van der Waals surface area contributed by atoms with Crippen LogP contribution in [0.4, 0.5) is 0 Å². The number of nitrogens with one attached hydrogen (secondary N) is 1. The second kappa shape index (κ2) is 7.19. The lowest BCUT2D eigenvalue weighted by Crippen LogP contribution is -2.37. The predicted octanol–water partition coefficient (Wildman–Crippen LogP) is 1.07. The molecule has 3 nitrogen and oxygen atoms in total. The first-order chi connectivity index (χ1) is 7.66. The highest BCUT2D eigenvalue weighted by Gasteiger charge is 2.20. The highest BCUT2D eigenvalue weighted by molar-refractivity contribution is 6.14. The first-order valence-electron chi connectivity index (χ1n) is 6.38. The third-order valence-corrected chi connectivity index (χ3v) is 2.75. The molecule has 0 aliphatic carbocycles. The van der Waals surface area contributed by atoms with E-state index in [1.54, 1.807) is 13.8 Å². The van der Waals surface area contributed by atoms with Gasteiger partial charge in [-0.15, -0.1) is 6.58 Å². The second-order valence-corrected chi connectivity index (χ2v) is 5.90. The lowest BCUT2D eigenvalue weighted by molar-refractivity contribution is -0.0164. The van der Waals surface area contributed by atoms with E-state index in [2.05, 4.69) is 33.6 Å². The third-order valence-electron chi connectivity index (χ3n) is 2.75. The van der Waals surface area contributed by atoms with E-state index in [4.69, 9.17) is 4.74 Å². The molecular weight excluding hydrogens is 213 g/mol. The van der Waals surface area contributed by atoms with Crippen molar-refractivity contribution in [3.05, 3.63) is 12.7 Å². The summed E-state index contributed by atoms with van der Waals surface area (Å²) >= 11 is 0. The summed E-state index contributed by atoms with van der Waals surface area (Å²) in [6.07, 6.45) is 3.49. The molecule has 0 spiro atoms. The van der Waals surface area contributed by atoms with Gasteiger partial charge in [0.25, 0.3) is 0 Å². The molecule has 4 heteroatoms. The molecule has 2 N–H and O–H groups in total. The molecule has 0 aromatic heterocycles. The van der Waals surface area contributed by atoms with Crippen molar-refractivity contribution in [2.75, 3.05) is 13.2 Å². The van der Waals surface area contributed by atoms with Crippen molar-refractivity contribution in [1.82, 2.24) is 5.32 Å². The Hall–Kier alpha value is -0.315. The molecule has 2 unspecified atom stereocenters. The van der Waals surface area contributed by atoms with Gasteiger partial charge in [0, 0.05) is 18.1 Å². The Balaban J connectivity index is 3.76. The summed E-state index contributed by atoms with van der Waals surface area (Å²) in [5.41, 5.74) is -0.801. The number of hydrogen-bond acceptors (Lipinski definition) is 3. The standard InChI is InChI=1S/C13H28BNO2/c1-6-11(2)15-9-7-13(5,14)17-10-8-12(3,4)16/h6,11,15-16H,1,7-10,14H2,2-5H3. The maximum atomic E-state index is 9.59. The fourth-order valence-electron chi connectivity index (χ4n) is 1.33. The van der Waals surface area contributed by atoms with E-state index in [0.717, 1.165) is 13.0 Å². The van der Waals surface area contributed by atoms with Crippen LogP contribution >= 0.6 is 0 Å². The SMILES string of the molecule is BC(C)(CCNC(C)C=C)OCCC(C)(C)O. The van der Waals surface area contributed by atoms with Crippen molar-refractivity contribution in [2.45, 2.75) is 57.7 Å². The van der Waals surface area contributed by atoms with Crippen LogP contribution in [0.5, 0.6) is 0 Å². The van der Waals surface area contributed by atoms with Gasteiger partial charge in [-0.1, -0.05) is 6.08 Å². The molecule has 0 bridgehead atoms. The van der Waals surface area contributed by atoms with E-state index in [-0.39, 0.29) is 5.50 Å². The first-order valence-corrected chi connectivity index (χ1v) is 6.38. The topological polar surface area (TPSA) is 41.5 Å². The Morgan fingerprint density at radius 3 is 2.47 bits per heavy atom. The minimum absolute atomic E-state index is 0.154. The summed E-state index contributed by atoms with van der Waals surface area (Å²) in [6, 6.07) is 0.335. The molecule has 0 rings (SSSR count). The minimum Gasteiger partial charge on any atom is -0.390 e. The van der Waals surface area contributed by atoms with Gasteiger partial charge >= 0.3 is 0 Å². The maximum Gasteiger partial charge on any atom is 0.142 e. The quantitative estimate of drug-likeness (QED) is 0.468. The molecule has 0 amide bonds.